The Kier molecular flexibility index (Phi) is 6.60. The van der Waals surface area contributed by atoms with Gasteiger partial charge < -0.3 is 15.2 Å². The van der Waals surface area contributed by atoms with E-state index in [1.54, 1.807) is 0 Å². The van der Waals surface area contributed by atoms with E-state index in [-0.39, 0.29) is 43.8 Å². The monoisotopic (exact) mass is 367 g/mol. The fourth-order valence-electron chi connectivity index (χ4n) is 3.46. The molecule has 1 aliphatic rings. The first-order valence-electron chi connectivity index (χ1n) is 9.42. The summed E-state index contributed by atoms with van der Waals surface area (Å²) >= 11 is 0. The van der Waals surface area contributed by atoms with Crippen LogP contribution in [0.15, 0.2) is 48.5 Å². The summed E-state index contributed by atoms with van der Waals surface area (Å²) in [5.41, 5.74) is 4.73. The molecule has 2 N–H and O–H groups in total. The largest absolute Gasteiger partial charge is 0.465 e. The van der Waals surface area contributed by atoms with Gasteiger partial charge in [-0.05, 0) is 35.1 Å². The predicted molar refractivity (Wildman–Crippen MR) is 103 cm³/mol. The fraction of sp³-hybridized carbons (Fsp3) is 0.364. The summed E-state index contributed by atoms with van der Waals surface area (Å²) in [6.45, 7) is 0.921. The summed E-state index contributed by atoms with van der Waals surface area (Å²) in [7, 11) is 0. The number of hydrogen-bond acceptors (Lipinski definition) is 4. The number of ether oxygens (including phenoxy) is 1. The second-order valence-corrected chi connectivity index (χ2v) is 6.69. The lowest BCUT2D eigenvalue weighted by molar-refractivity contribution is -0.145. The van der Waals surface area contributed by atoms with Gasteiger partial charge in [0.2, 0.25) is 5.91 Å². The second-order valence-electron chi connectivity index (χ2n) is 6.69. The Bertz CT molecular complexity index is 757. The molecule has 5 heteroatoms. The number of rotatable bonds is 9. The zero-order chi connectivity index (χ0) is 19.1. The van der Waals surface area contributed by atoms with E-state index in [4.69, 9.17) is 9.84 Å². The van der Waals surface area contributed by atoms with Crippen LogP contribution >= 0.6 is 0 Å². The van der Waals surface area contributed by atoms with Crippen molar-refractivity contribution in [3.8, 4) is 11.1 Å². The lowest BCUT2D eigenvalue weighted by atomic mass is 9.98. The molecule has 0 aliphatic heterocycles. The number of benzene rings is 2. The van der Waals surface area contributed by atoms with Crippen LogP contribution in [0.1, 0.15) is 42.7 Å². The molecule has 5 nitrogen and oxygen atoms in total. The molecule has 1 amide bonds. The van der Waals surface area contributed by atoms with Gasteiger partial charge in [-0.25, -0.2) is 0 Å². The van der Waals surface area contributed by atoms with E-state index in [9.17, 15) is 9.59 Å². The lowest BCUT2D eigenvalue weighted by Crippen LogP contribution is -2.25. The molecule has 0 heterocycles. The Balaban J connectivity index is 1.50. The van der Waals surface area contributed by atoms with Crippen molar-refractivity contribution in [1.29, 1.82) is 0 Å². The molecule has 0 unspecified atom stereocenters. The number of fused-ring (bicyclic) bond motifs is 3. The van der Waals surface area contributed by atoms with E-state index in [2.05, 4.69) is 29.6 Å². The van der Waals surface area contributed by atoms with Gasteiger partial charge >= 0.3 is 5.97 Å². The molecule has 0 aromatic heterocycles. The van der Waals surface area contributed by atoms with Gasteiger partial charge in [-0.15, -0.1) is 0 Å². The van der Waals surface area contributed by atoms with E-state index in [0.717, 1.165) is 6.42 Å². The highest BCUT2D eigenvalue weighted by Crippen LogP contribution is 2.44. The Morgan fingerprint density at radius 2 is 1.56 bits per heavy atom. The normalized spacial score (nSPS) is 12.3. The maximum absolute atomic E-state index is 12.1. The maximum Gasteiger partial charge on any atom is 0.306 e. The van der Waals surface area contributed by atoms with E-state index in [0.29, 0.717) is 13.0 Å². The van der Waals surface area contributed by atoms with Gasteiger partial charge in [0.05, 0.1) is 6.42 Å². The minimum atomic E-state index is -0.359. The van der Waals surface area contributed by atoms with Gasteiger partial charge in [0.15, 0.2) is 0 Å². The number of carbonyl (C=O) groups excluding carboxylic acids is 2. The molecule has 0 saturated heterocycles. The number of nitrogens with one attached hydrogen (secondary N) is 1. The van der Waals surface area contributed by atoms with Gasteiger partial charge in [-0.3, -0.25) is 9.59 Å². The molecule has 2 aromatic rings. The van der Waals surface area contributed by atoms with E-state index >= 15 is 0 Å². The number of aliphatic hydroxyl groups excluding tert-OH is 1. The number of carbonyl (C=O) groups is 2. The first-order valence-corrected chi connectivity index (χ1v) is 9.42. The van der Waals surface area contributed by atoms with Crippen LogP contribution in [0.5, 0.6) is 0 Å². The number of esters is 1. The summed E-state index contributed by atoms with van der Waals surface area (Å²) in [4.78, 5) is 23.8. The molecule has 27 heavy (non-hydrogen) atoms. The Morgan fingerprint density at radius 3 is 2.19 bits per heavy atom. The van der Waals surface area contributed by atoms with Crippen LogP contribution in [0.2, 0.25) is 0 Å². The first-order chi connectivity index (χ1) is 13.2. The van der Waals surface area contributed by atoms with Crippen LogP contribution in [-0.4, -0.2) is 36.7 Å². The third-order valence-corrected chi connectivity index (χ3v) is 4.84. The molecule has 142 valence electrons. The Morgan fingerprint density at radius 1 is 0.926 bits per heavy atom. The minimum absolute atomic E-state index is 0.0358. The van der Waals surface area contributed by atoms with Gasteiger partial charge in [0, 0.05) is 25.5 Å². The molecule has 2 aromatic carbocycles. The predicted octanol–water partition coefficient (Wildman–Crippen LogP) is 3.01. The van der Waals surface area contributed by atoms with Crippen molar-refractivity contribution in [2.75, 3.05) is 19.8 Å². The van der Waals surface area contributed by atoms with Crippen molar-refractivity contribution >= 4 is 11.9 Å². The number of hydrogen-bond donors (Lipinski definition) is 2. The molecule has 0 fully saturated rings. The van der Waals surface area contributed by atoms with Crippen LogP contribution in [0, 0.1) is 0 Å². The Labute approximate surface area is 159 Å². The van der Waals surface area contributed by atoms with Crippen LogP contribution < -0.4 is 5.32 Å². The Hall–Kier alpha value is -2.66. The quantitative estimate of drug-likeness (QED) is 0.528. The molecule has 3 rings (SSSR count). The van der Waals surface area contributed by atoms with Gasteiger partial charge in [-0.2, -0.15) is 0 Å². The van der Waals surface area contributed by atoms with Crippen molar-refractivity contribution in [3.05, 3.63) is 59.7 Å². The number of unbranched alkanes of at least 4 members (excludes halogenated alkanes) is 1. The summed E-state index contributed by atoms with van der Waals surface area (Å²) in [5.74, 6) is -0.488. The molecule has 0 bridgehead atoms. The highest BCUT2D eigenvalue weighted by molar-refractivity contribution is 5.82. The van der Waals surface area contributed by atoms with Crippen LogP contribution in [0.4, 0.5) is 0 Å². The first kappa shape index (κ1) is 19.1. The van der Waals surface area contributed by atoms with Gasteiger partial charge in [0.25, 0.3) is 0 Å². The topological polar surface area (TPSA) is 75.6 Å². The summed E-state index contributed by atoms with van der Waals surface area (Å²) < 4.78 is 5.48. The minimum Gasteiger partial charge on any atom is -0.465 e. The molecule has 0 atom stereocenters. The lowest BCUT2D eigenvalue weighted by Gasteiger charge is -2.14. The average molecular weight is 367 g/mol. The molecular formula is C22H25NO4. The summed E-state index contributed by atoms with van der Waals surface area (Å²) in [6.07, 6.45) is 1.58. The smallest absolute Gasteiger partial charge is 0.306 e. The summed E-state index contributed by atoms with van der Waals surface area (Å²) in [6, 6.07) is 16.4. The maximum atomic E-state index is 12.1. The van der Waals surface area contributed by atoms with Crippen molar-refractivity contribution in [1.82, 2.24) is 5.32 Å². The highest BCUT2D eigenvalue weighted by Gasteiger charge is 2.28. The molecule has 0 saturated carbocycles. The zero-order valence-corrected chi connectivity index (χ0v) is 15.3. The van der Waals surface area contributed by atoms with E-state index in [1.807, 2.05) is 24.3 Å². The number of aliphatic hydroxyl groups is 1. The third kappa shape index (κ3) is 4.74. The SMILES string of the molecule is O=C(CCC(=O)OCC1c2ccccc2-c2ccccc21)NCCCCO. The zero-order valence-electron chi connectivity index (χ0n) is 15.3. The second kappa shape index (κ2) is 9.33. The third-order valence-electron chi connectivity index (χ3n) is 4.84. The van der Waals surface area contributed by atoms with Crippen molar-refractivity contribution in [2.24, 2.45) is 0 Å². The molecular weight excluding hydrogens is 342 g/mol. The van der Waals surface area contributed by atoms with Crippen molar-refractivity contribution in [2.45, 2.75) is 31.6 Å². The highest BCUT2D eigenvalue weighted by atomic mass is 16.5. The molecule has 1 aliphatic carbocycles. The fourth-order valence-corrected chi connectivity index (χ4v) is 3.46. The average Bonchev–Trinajstić information content (AvgIpc) is 3.02. The summed E-state index contributed by atoms with van der Waals surface area (Å²) in [5, 5.41) is 11.4. The van der Waals surface area contributed by atoms with Crippen LogP contribution in [-0.2, 0) is 14.3 Å². The van der Waals surface area contributed by atoms with Gasteiger partial charge in [-0.1, -0.05) is 48.5 Å². The molecule has 0 spiro atoms. The molecule has 0 radical (unpaired) electrons. The number of amides is 1. The van der Waals surface area contributed by atoms with Crippen molar-refractivity contribution in [3.63, 3.8) is 0 Å². The van der Waals surface area contributed by atoms with E-state index in [1.165, 1.54) is 22.3 Å². The van der Waals surface area contributed by atoms with Crippen molar-refractivity contribution < 1.29 is 19.4 Å². The van der Waals surface area contributed by atoms with E-state index < -0.39 is 0 Å². The van der Waals surface area contributed by atoms with Crippen LogP contribution in [0.3, 0.4) is 0 Å². The van der Waals surface area contributed by atoms with Crippen LogP contribution in [0.25, 0.3) is 11.1 Å². The van der Waals surface area contributed by atoms with Gasteiger partial charge in [0.1, 0.15) is 6.61 Å². The standard InChI is InChI=1S/C22H25NO4/c24-14-6-5-13-23-21(25)11-12-22(26)27-15-20-18-9-3-1-7-16(18)17-8-2-4-10-19(17)20/h1-4,7-10,20,24H,5-6,11-15H2,(H,23,25).